The molecule has 0 unspecified atom stereocenters. The van der Waals surface area contributed by atoms with Crippen molar-refractivity contribution in [3.8, 4) is 0 Å². The Balaban J connectivity index is 1.53. The van der Waals surface area contributed by atoms with Gasteiger partial charge in [0.05, 0.1) is 12.8 Å². The molecule has 3 N–H and O–H groups in total. The number of nitrogens with zero attached hydrogens (tertiary/aromatic N) is 3. The van der Waals surface area contributed by atoms with Gasteiger partial charge in [-0.3, -0.25) is 23.9 Å². The van der Waals surface area contributed by atoms with Crippen LogP contribution < -0.4 is 21.9 Å². The Morgan fingerprint density at radius 2 is 1.73 bits per heavy atom. The lowest BCUT2D eigenvalue weighted by atomic mass is 9.93. The summed E-state index contributed by atoms with van der Waals surface area (Å²) in [5.41, 5.74) is 7.31. The molecule has 0 fully saturated rings. The van der Waals surface area contributed by atoms with Gasteiger partial charge in [0, 0.05) is 20.0 Å². The summed E-state index contributed by atoms with van der Waals surface area (Å²) in [6, 6.07) is 18.9. The van der Waals surface area contributed by atoms with Crippen molar-refractivity contribution in [2.24, 2.45) is 0 Å². The van der Waals surface area contributed by atoms with Gasteiger partial charge in [0.25, 0.3) is 11.5 Å². The molecule has 1 aliphatic heterocycles. The van der Waals surface area contributed by atoms with E-state index in [2.05, 4.69) is 4.98 Å². The Morgan fingerprint density at radius 1 is 1.03 bits per heavy atom. The van der Waals surface area contributed by atoms with E-state index >= 15 is 0 Å². The minimum Gasteiger partial charge on any atom is -0.459 e. The number of furan rings is 1. The molecule has 10 heteroatoms. The Labute approximate surface area is 211 Å². The van der Waals surface area contributed by atoms with Gasteiger partial charge in [0.2, 0.25) is 5.91 Å². The van der Waals surface area contributed by atoms with Crippen LogP contribution in [0.15, 0.2) is 87.0 Å². The highest BCUT2D eigenvalue weighted by Gasteiger charge is 2.38. The molecule has 0 saturated heterocycles. The number of fused-ring (bicyclic) bond motifs is 1. The summed E-state index contributed by atoms with van der Waals surface area (Å²) >= 11 is 0. The summed E-state index contributed by atoms with van der Waals surface area (Å²) in [4.78, 5) is 57.4. The highest BCUT2D eigenvalue weighted by Crippen LogP contribution is 2.28. The number of nitrogens with one attached hydrogen (secondary N) is 1. The monoisotopic (exact) mass is 499 g/mol. The zero-order valence-corrected chi connectivity index (χ0v) is 20.1. The van der Waals surface area contributed by atoms with Crippen LogP contribution in [-0.4, -0.2) is 39.4 Å². The third-order valence-electron chi connectivity index (χ3n) is 6.59. The average Bonchev–Trinajstić information content (AvgIpc) is 3.45. The predicted molar refractivity (Wildman–Crippen MR) is 137 cm³/mol. The van der Waals surface area contributed by atoms with Crippen LogP contribution in [0.3, 0.4) is 0 Å². The van der Waals surface area contributed by atoms with Crippen LogP contribution in [0, 0.1) is 0 Å². The number of carbonyl (C=O) groups excluding carboxylic acids is 2. The maximum absolute atomic E-state index is 13.9. The number of likely N-dealkylation sites (N-methyl/N-ethyl adjacent to an activating group) is 1. The molecule has 2 aromatic carbocycles. The molecule has 0 radical (unpaired) electrons. The van der Waals surface area contributed by atoms with Gasteiger partial charge in [0.1, 0.15) is 11.9 Å². The Kier molecular flexibility index (Phi) is 6.22. The minimum atomic E-state index is -0.925. The number of H-pyrrole nitrogens is 1. The number of carbonyl (C=O) groups is 2. The fourth-order valence-electron chi connectivity index (χ4n) is 4.66. The molecular weight excluding hydrogens is 474 g/mol. The maximum Gasteiger partial charge on any atom is 0.330 e. The first-order chi connectivity index (χ1) is 17.8. The van der Waals surface area contributed by atoms with Gasteiger partial charge >= 0.3 is 5.69 Å². The second kappa shape index (κ2) is 9.65. The molecule has 4 aromatic rings. The van der Waals surface area contributed by atoms with Gasteiger partial charge in [-0.25, -0.2) is 4.79 Å². The van der Waals surface area contributed by atoms with Gasteiger partial charge in [-0.15, -0.1) is 0 Å². The number of benzene rings is 2. The van der Waals surface area contributed by atoms with E-state index in [0.717, 1.165) is 21.6 Å². The van der Waals surface area contributed by atoms with E-state index in [1.807, 2.05) is 54.6 Å². The summed E-state index contributed by atoms with van der Waals surface area (Å²) in [5.74, 6) is -0.999. The van der Waals surface area contributed by atoms with E-state index in [-0.39, 0.29) is 36.8 Å². The van der Waals surface area contributed by atoms with Gasteiger partial charge in [-0.05, 0) is 28.8 Å². The number of aromatic amines is 1. The number of nitrogens with two attached hydrogens (primary N) is 1. The highest BCUT2D eigenvalue weighted by molar-refractivity contribution is 6.02. The smallest absolute Gasteiger partial charge is 0.330 e. The third-order valence-corrected chi connectivity index (χ3v) is 6.59. The SMILES string of the molecule is CN(C(=O)[C@@H]1Cc2ccccc2CN1C(=O)c1ccco1)c1c(N)n(Cc2ccccc2)c(=O)[nH]c1=O. The van der Waals surface area contributed by atoms with Gasteiger partial charge in [-0.2, -0.15) is 0 Å². The van der Waals surface area contributed by atoms with E-state index in [1.54, 1.807) is 6.07 Å². The molecule has 37 heavy (non-hydrogen) atoms. The summed E-state index contributed by atoms with van der Waals surface area (Å²) in [5, 5.41) is 0. The van der Waals surface area contributed by atoms with E-state index < -0.39 is 29.1 Å². The lowest BCUT2D eigenvalue weighted by Crippen LogP contribution is -2.54. The summed E-state index contributed by atoms with van der Waals surface area (Å²) < 4.78 is 6.51. The van der Waals surface area contributed by atoms with Crippen LogP contribution in [0.4, 0.5) is 11.5 Å². The minimum absolute atomic E-state index is 0.105. The molecule has 0 aliphatic carbocycles. The summed E-state index contributed by atoms with van der Waals surface area (Å²) in [6.45, 7) is 0.302. The van der Waals surface area contributed by atoms with E-state index in [0.29, 0.717) is 0 Å². The molecule has 3 heterocycles. The first-order valence-corrected chi connectivity index (χ1v) is 11.7. The average molecular weight is 500 g/mol. The van der Waals surface area contributed by atoms with E-state index in [9.17, 15) is 19.2 Å². The van der Waals surface area contributed by atoms with Gasteiger partial charge in [-0.1, -0.05) is 54.6 Å². The van der Waals surface area contributed by atoms with Crippen LogP contribution in [0.25, 0.3) is 0 Å². The van der Waals surface area contributed by atoms with Crippen molar-refractivity contribution in [3.05, 3.63) is 116 Å². The van der Waals surface area contributed by atoms with Crippen molar-refractivity contribution in [3.63, 3.8) is 0 Å². The van der Waals surface area contributed by atoms with Crippen molar-refractivity contribution in [2.45, 2.75) is 25.6 Å². The predicted octanol–water partition coefficient (Wildman–Crippen LogP) is 1.99. The molecule has 188 valence electrons. The standard InChI is InChI=1S/C27H25N5O5/c1-30(22-23(28)32(27(36)29-24(22)33)15-17-8-3-2-4-9-17)25(34)20-14-18-10-5-6-11-19(18)16-31(20)26(35)21-12-7-13-37-21/h2-13,20H,14-16,28H2,1H3,(H,29,33,36)/t20-/m0/s1. The topological polar surface area (TPSA) is 135 Å². The van der Waals surface area contributed by atoms with Gasteiger partial charge in [0.15, 0.2) is 11.4 Å². The second-order valence-electron chi connectivity index (χ2n) is 8.86. The zero-order chi connectivity index (χ0) is 26.1. The fraction of sp³-hybridized carbons (Fsp3) is 0.185. The zero-order valence-electron chi connectivity index (χ0n) is 20.1. The van der Waals surface area contributed by atoms with Crippen molar-refractivity contribution in [1.82, 2.24) is 14.5 Å². The molecule has 2 amide bonds. The maximum atomic E-state index is 13.9. The Hall–Kier alpha value is -4.86. The molecule has 10 nitrogen and oxygen atoms in total. The molecule has 0 saturated carbocycles. The molecule has 1 atom stereocenters. The number of hydrogen-bond acceptors (Lipinski definition) is 6. The molecule has 1 aliphatic rings. The molecule has 2 aromatic heterocycles. The molecular formula is C27H25N5O5. The Bertz CT molecular complexity index is 1570. The lowest BCUT2D eigenvalue weighted by molar-refractivity contribution is -0.123. The Morgan fingerprint density at radius 3 is 2.43 bits per heavy atom. The van der Waals surface area contributed by atoms with Crippen LogP contribution in [0.1, 0.15) is 27.2 Å². The quantitative estimate of drug-likeness (QED) is 0.431. The summed E-state index contributed by atoms with van der Waals surface area (Å²) in [7, 11) is 1.41. The number of anilines is 2. The van der Waals surface area contributed by atoms with Crippen molar-refractivity contribution < 1.29 is 14.0 Å². The second-order valence-corrected chi connectivity index (χ2v) is 8.86. The van der Waals surface area contributed by atoms with Crippen LogP contribution >= 0.6 is 0 Å². The number of rotatable bonds is 5. The van der Waals surface area contributed by atoms with Crippen molar-refractivity contribution in [2.75, 3.05) is 17.7 Å². The van der Waals surface area contributed by atoms with Crippen molar-refractivity contribution >= 4 is 23.3 Å². The van der Waals surface area contributed by atoms with Crippen molar-refractivity contribution in [1.29, 1.82) is 0 Å². The molecule has 5 rings (SSSR count). The number of hydrogen-bond donors (Lipinski definition) is 2. The largest absolute Gasteiger partial charge is 0.459 e. The van der Waals surface area contributed by atoms with Gasteiger partial charge < -0.3 is 20.0 Å². The first kappa shape index (κ1) is 23.9. The third kappa shape index (κ3) is 4.44. The van der Waals surface area contributed by atoms with E-state index in [1.165, 1.54) is 28.8 Å². The highest BCUT2D eigenvalue weighted by atomic mass is 16.3. The van der Waals surface area contributed by atoms with Crippen LogP contribution in [0.5, 0.6) is 0 Å². The number of aromatic nitrogens is 2. The normalized spacial score (nSPS) is 14.7. The molecule has 0 spiro atoms. The number of amides is 2. The van der Waals surface area contributed by atoms with E-state index in [4.69, 9.17) is 10.2 Å². The number of nitrogen functional groups attached to an aromatic ring is 1. The fourth-order valence-corrected chi connectivity index (χ4v) is 4.66. The molecule has 0 bridgehead atoms. The van der Waals surface area contributed by atoms with Crippen LogP contribution in [0.2, 0.25) is 0 Å². The first-order valence-electron chi connectivity index (χ1n) is 11.7. The summed E-state index contributed by atoms with van der Waals surface area (Å²) in [6.07, 6.45) is 1.64. The lowest BCUT2D eigenvalue weighted by Gasteiger charge is -2.37. The van der Waals surface area contributed by atoms with Crippen LogP contribution in [-0.2, 0) is 24.3 Å².